The molecule has 21 heavy (non-hydrogen) atoms. The highest BCUT2D eigenvalue weighted by Gasteiger charge is 2.53. The number of hydrogen-bond acceptors (Lipinski definition) is 3. The van der Waals surface area contributed by atoms with Crippen molar-refractivity contribution in [2.75, 3.05) is 19.7 Å². The molecule has 1 amide bonds. The lowest BCUT2D eigenvalue weighted by Crippen LogP contribution is -2.65. The molecule has 4 rings (SSSR count). The number of β-amino-alcohol motifs (C(OH)–C–C–N with tert-alkyl or cyclic N) is 1. The molecule has 110 valence electrons. The van der Waals surface area contributed by atoms with E-state index in [4.69, 9.17) is 4.74 Å². The highest BCUT2D eigenvalue weighted by atomic mass is 79.9. The van der Waals surface area contributed by atoms with Crippen LogP contribution in [0.5, 0.6) is 5.75 Å². The van der Waals surface area contributed by atoms with Gasteiger partial charge >= 0.3 is 0 Å². The zero-order valence-corrected chi connectivity index (χ0v) is 13.1. The Morgan fingerprint density at radius 1 is 1.38 bits per heavy atom. The smallest absolute Gasteiger partial charge is 0.253 e. The van der Waals surface area contributed by atoms with E-state index in [0.717, 1.165) is 28.6 Å². The van der Waals surface area contributed by atoms with Crippen LogP contribution >= 0.6 is 15.9 Å². The summed E-state index contributed by atoms with van der Waals surface area (Å²) in [7, 11) is 0. The normalized spacial score (nSPS) is 22.8. The fourth-order valence-corrected chi connectivity index (χ4v) is 3.49. The first-order chi connectivity index (χ1) is 10.0. The van der Waals surface area contributed by atoms with Gasteiger partial charge in [0.25, 0.3) is 5.91 Å². The lowest BCUT2D eigenvalue weighted by molar-refractivity contribution is -0.155. The molecule has 0 unspecified atom stereocenters. The van der Waals surface area contributed by atoms with Gasteiger partial charge in [0.05, 0.1) is 18.7 Å². The minimum absolute atomic E-state index is 0.0223. The van der Waals surface area contributed by atoms with Gasteiger partial charge in [-0.3, -0.25) is 4.79 Å². The van der Waals surface area contributed by atoms with Gasteiger partial charge in [-0.2, -0.15) is 0 Å². The number of hydrogen-bond donors (Lipinski definition) is 1. The van der Waals surface area contributed by atoms with Crippen LogP contribution in [-0.2, 0) is 4.79 Å². The number of rotatable bonds is 2. The summed E-state index contributed by atoms with van der Waals surface area (Å²) in [5.41, 5.74) is 0.933. The predicted octanol–water partition coefficient (Wildman–Crippen LogP) is 2.21. The van der Waals surface area contributed by atoms with E-state index in [-0.39, 0.29) is 5.91 Å². The molecule has 0 bridgehead atoms. The Hall–Kier alpha value is -1.33. The average molecular weight is 350 g/mol. The number of aliphatic hydroxyl groups is 1. The summed E-state index contributed by atoms with van der Waals surface area (Å²) in [6.07, 6.45) is 4.07. The SMILES string of the molecule is O=C(C1=Cc2cc(Br)ccc2OC1)N1CC(O)(C2CC2)C1. The van der Waals surface area contributed by atoms with E-state index < -0.39 is 5.60 Å². The fraction of sp³-hybridized carbons (Fsp3) is 0.438. The van der Waals surface area contributed by atoms with Crippen molar-refractivity contribution in [1.82, 2.24) is 4.90 Å². The van der Waals surface area contributed by atoms with Crippen LogP contribution < -0.4 is 4.74 Å². The number of halogens is 1. The van der Waals surface area contributed by atoms with Crippen molar-refractivity contribution in [2.45, 2.75) is 18.4 Å². The molecule has 1 aliphatic carbocycles. The monoisotopic (exact) mass is 349 g/mol. The Kier molecular flexibility index (Phi) is 2.91. The predicted molar refractivity (Wildman–Crippen MR) is 81.9 cm³/mol. The molecule has 1 aromatic carbocycles. The van der Waals surface area contributed by atoms with E-state index in [9.17, 15) is 9.90 Å². The summed E-state index contributed by atoms with van der Waals surface area (Å²) in [6.45, 7) is 1.21. The van der Waals surface area contributed by atoms with Gasteiger partial charge in [0.15, 0.2) is 0 Å². The van der Waals surface area contributed by atoms with E-state index in [2.05, 4.69) is 15.9 Å². The molecule has 0 spiro atoms. The van der Waals surface area contributed by atoms with E-state index in [1.54, 1.807) is 4.90 Å². The summed E-state index contributed by atoms with van der Waals surface area (Å²) in [5.74, 6) is 1.17. The molecule has 2 aliphatic heterocycles. The lowest BCUT2D eigenvalue weighted by atomic mass is 9.88. The topological polar surface area (TPSA) is 49.8 Å². The summed E-state index contributed by atoms with van der Waals surface area (Å²) < 4.78 is 6.60. The quantitative estimate of drug-likeness (QED) is 0.890. The molecule has 0 aromatic heterocycles. The Labute approximate surface area is 131 Å². The van der Waals surface area contributed by atoms with Gasteiger partial charge in [-0.15, -0.1) is 0 Å². The van der Waals surface area contributed by atoms with E-state index >= 15 is 0 Å². The highest BCUT2D eigenvalue weighted by molar-refractivity contribution is 9.10. The molecule has 1 N–H and O–H groups in total. The molecule has 0 radical (unpaired) electrons. The van der Waals surface area contributed by atoms with Gasteiger partial charge in [0.2, 0.25) is 0 Å². The first kappa shape index (κ1) is 13.3. The third-order valence-electron chi connectivity index (χ3n) is 4.51. The maximum atomic E-state index is 12.5. The van der Waals surface area contributed by atoms with Crippen LogP contribution in [0.3, 0.4) is 0 Å². The first-order valence-electron chi connectivity index (χ1n) is 7.20. The molecule has 2 heterocycles. The number of amides is 1. The minimum atomic E-state index is -0.632. The fourth-order valence-electron chi connectivity index (χ4n) is 3.11. The van der Waals surface area contributed by atoms with Crippen LogP contribution in [0.2, 0.25) is 0 Å². The van der Waals surface area contributed by atoms with Gasteiger partial charge in [0, 0.05) is 10.0 Å². The summed E-state index contributed by atoms with van der Waals surface area (Å²) >= 11 is 3.43. The number of ether oxygens (including phenoxy) is 1. The molecule has 0 atom stereocenters. The summed E-state index contributed by atoms with van der Waals surface area (Å²) in [6, 6.07) is 5.76. The minimum Gasteiger partial charge on any atom is -0.488 e. The van der Waals surface area contributed by atoms with Crippen LogP contribution in [0.1, 0.15) is 18.4 Å². The third-order valence-corrected chi connectivity index (χ3v) is 5.01. The Morgan fingerprint density at radius 2 is 2.14 bits per heavy atom. The number of nitrogens with zero attached hydrogens (tertiary/aromatic N) is 1. The molecule has 3 aliphatic rings. The van der Waals surface area contributed by atoms with Crippen molar-refractivity contribution in [2.24, 2.45) is 5.92 Å². The van der Waals surface area contributed by atoms with Crippen molar-refractivity contribution in [1.29, 1.82) is 0 Å². The standard InChI is InChI=1S/C16H16BrNO3/c17-13-3-4-14-10(6-13)5-11(7-21-14)15(19)18-8-16(20,9-18)12-1-2-12/h3-6,12,20H,1-2,7-9H2. The van der Waals surface area contributed by atoms with Crippen molar-refractivity contribution in [3.63, 3.8) is 0 Å². The second kappa shape index (κ2) is 4.58. The largest absolute Gasteiger partial charge is 0.488 e. The summed E-state index contributed by atoms with van der Waals surface area (Å²) in [5, 5.41) is 10.3. The third kappa shape index (κ3) is 2.28. The number of carbonyl (C=O) groups excluding carboxylic acids is 1. The number of benzene rings is 1. The molecule has 4 nitrogen and oxygen atoms in total. The zero-order valence-electron chi connectivity index (χ0n) is 11.5. The van der Waals surface area contributed by atoms with Crippen LogP contribution in [-0.4, -0.2) is 41.2 Å². The van der Waals surface area contributed by atoms with Gasteiger partial charge in [-0.25, -0.2) is 0 Å². The number of likely N-dealkylation sites (tertiary alicyclic amines) is 1. The summed E-state index contributed by atoms with van der Waals surface area (Å²) in [4.78, 5) is 14.2. The molecule has 1 aromatic rings. The maximum absolute atomic E-state index is 12.5. The van der Waals surface area contributed by atoms with Crippen LogP contribution in [0.4, 0.5) is 0 Å². The molecule has 1 saturated carbocycles. The van der Waals surface area contributed by atoms with Crippen LogP contribution in [0.15, 0.2) is 28.2 Å². The Morgan fingerprint density at radius 3 is 2.86 bits per heavy atom. The van der Waals surface area contributed by atoms with Gasteiger partial charge in [0.1, 0.15) is 18.0 Å². The first-order valence-corrected chi connectivity index (χ1v) is 7.99. The zero-order chi connectivity index (χ0) is 14.6. The molecular formula is C16H16BrNO3. The highest BCUT2D eigenvalue weighted by Crippen LogP contribution is 2.45. The Balaban J connectivity index is 1.51. The van der Waals surface area contributed by atoms with Gasteiger partial charge in [-0.1, -0.05) is 15.9 Å². The van der Waals surface area contributed by atoms with Crippen molar-refractivity contribution in [3.8, 4) is 5.75 Å². The molecule has 1 saturated heterocycles. The molecular weight excluding hydrogens is 334 g/mol. The average Bonchev–Trinajstić information content (AvgIpc) is 3.27. The molecule has 2 fully saturated rings. The van der Waals surface area contributed by atoms with Gasteiger partial charge < -0.3 is 14.7 Å². The van der Waals surface area contributed by atoms with E-state index in [1.807, 2.05) is 24.3 Å². The Bertz CT molecular complexity index is 645. The van der Waals surface area contributed by atoms with E-state index in [0.29, 0.717) is 31.2 Å². The second-order valence-electron chi connectivity index (χ2n) is 6.18. The lowest BCUT2D eigenvalue weighted by Gasteiger charge is -2.47. The number of carbonyl (C=O) groups is 1. The van der Waals surface area contributed by atoms with Gasteiger partial charge in [-0.05, 0) is 43.0 Å². The maximum Gasteiger partial charge on any atom is 0.253 e. The van der Waals surface area contributed by atoms with Crippen LogP contribution in [0.25, 0.3) is 6.08 Å². The van der Waals surface area contributed by atoms with Crippen LogP contribution in [0, 0.1) is 5.92 Å². The number of fused-ring (bicyclic) bond motifs is 1. The van der Waals surface area contributed by atoms with Crippen molar-refractivity contribution >= 4 is 27.9 Å². The second-order valence-corrected chi connectivity index (χ2v) is 7.10. The van der Waals surface area contributed by atoms with E-state index in [1.165, 1.54) is 0 Å². The van der Waals surface area contributed by atoms with Crippen molar-refractivity contribution in [3.05, 3.63) is 33.8 Å². The van der Waals surface area contributed by atoms with Crippen molar-refractivity contribution < 1.29 is 14.6 Å². The molecule has 5 heteroatoms.